The van der Waals surface area contributed by atoms with E-state index in [4.69, 9.17) is 0 Å². The third-order valence-electron chi connectivity index (χ3n) is 3.30. The van der Waals surface area contributed by atoms with Crippen LogP contribution in [0.2, 0.25) is 0 Å². The molecule has 0 fully saturated rings. The van der Waals surface area contributed by atoms with E-state index in [0.717, 1.165) is 10.9 Å². The molecular formula is C15H16N4S. The first kappa shape index (κ1) is 13.1. The topological polar surface area (TPSA) is 53.6 Å². The molecule has 0 radical (unpaired) electrons. The number of rotatable bonds is 5. The van der Waals surface area contributed by atoms with Crippen LogP contribution in [-0.2, 0) is 0 Å². The number of nitrogens with zero attached hydrogens (tertiary/aromatic N) is 2. The number of nitrogens with one attached hydrogen (secondary N) is 2. The van der Waals surface area contributed by atoms with Gasteiger partial charge in [-0.25, -0.2) is 4.98 Å². The first-order valence-corrected chi connectivity index (χ1v) is 7.49. The average molecular weight is 284 g/mol. The van der Waals surface area contributed by atoms with Crippen molar-refractivity contribution in [2.75, 3.05) is 12.8 Å². The molecule has 0 amide bonds. The lowest BCUT2D eigenvalue weighted by atomic mass is 10.0. The second-order valence-electron chi connectivity index (χ2n) is 4.55. The van der Waals surface area contributed by atoms with Gasteiger partial charge in [-0.3, -0.25) is 5.10 Å². The fraction of sp³-hybridized carbons (Fsp3) is 0.200. The molecule has 102 valence electrons. The first-order chi connectivity index (χ1) is 9.86. The zero-order valence-corrected chi connectivity index (χ0v) is 12.0. The molecule has 0 aliphatic carbocycles. The number of fused-ring (bicyclic) bond motifs is 1. The van der Waals surface area contributed by atoms with Crippen molar-refractivity contribution in [1.82, 2.24) is 20.5 Å². The van der Waals surface area contributed by atoms with Gasteiger partial charge in [-0.05, 0) is 29.4 Å². The molecule has 3 aromatic rings. The summed E-state index contributed by atoms with van der Waals surface area (Å²) in [5.41, 5.74) is 1.29. The lowest BCUT2D eigenvalue weighted by molar-refractivity contribution is 0.662. The SMILES string of the molecule is CNC(CSc1ncn[nH]1)c1ccc2ccccc2c1. The number of thioether (sulfide) groups is 1. The van der Waals surface area contributed by atoms with Crippen molar-refractivity contribution in [3.8, 4) is 0 Å². The highest BCUT2D eigenvalue weighted by Crippen LogP contribution is 2.24. The molecule has 0 aliphatic heterocycles. The number of aromatic nitrogens is 3. The first-order valence-electron chi connectivity index (χ1n) is 6.51. The largest absolute Gasteiger partial charge is 0.312 e. The molecule has 3 rings (SSSR count). The van der Waals surface area contributed by atoms with Gasteiger partial charge in [0.25, 0.3) is 0 Å². The summed E-state index contributed by atoms with van der Waals surface area (Å²) < 4.78 is 0. The van der Waals surface area contributed by atoms with Crippen molar-refractivity contribution >= 4 is 22.5 Å². The molecule has 0 saturated heterocycles. The van der Waals surface area contributed by atoms with E-state index in [1.165, 1.54) is 22.7 Å². The van der Waals surface area contributed by atoms with Crippen molar-refractivity contribution in [1.29, 1.82) is 0 Å². The van der Waals surface area contributed by atoms with Crippen LogP contribution in [-0.4, -0.2) is 28.0 Å². The van der Waals surface area contributed by atoms with Crippen LogP contribution in [0.25, 0.3) is 10.8 Å². The predicted molar refractivity (Wildman–Crippen MR) is 82.9 cm³/mol. The van der Waals surface area contributed by atoms with E-state index in [1.807, 2.05) is 7.05 Å². The van der Waals surface area contributed by atoms with E-state index in [9.17, 15) is 0 Å². The molecule has 0 saturated carbocycles. The third-order valence-corrected chi connectivity index (χ3v) is 4.27. The molecule has 2 N–H and O–H groups in total. The highest BCUT2D eigenvalue weighted by atomic mass is 32.2. The van der Waals surface area contributed by atoms with E-state index in [-0.39, 0.29) is 6.04 Å². The van der Waals surface area contributed by atoms with Gasteiger partial charge in [-0.15, -0.1) is 0 Å². The highest BCUT2D eigenvalue weighted by Gasteiger charge is 2.11. The maximum atomic E-state index is 4.13. The fourth-order valence-electron chi connectivity index (χ4n) is 2.20. The molecule has 1 unspecified atom stereocenters. The maximum absolute atomic E-state index is 4.13. The van der Waals surface area contributed by atoms with Crippen LogP contribution in [0.15, 0.2) is 53.9 Å². The van der Waals surface area contributed by atoms with Crippen LogP contribution in [0.5, 0.6) is 0 Å². The summed E-state index contributed by atoms with van der Waals surface area (Å²) in [6, 6.07) is 15.3. The van der Waals surface area contributed by atoms with Crippen molar-refractivity contribution in [3.05, 3.63) is 54.4 Å². The smallest absolute Gasteiger partial charge is 0.183 e. The highest BCUT2D eigenvalue weighted by molar-refractivity contribution is 7.99. The molecule has 1 heterocycles. The zero-order valence-electron chi connectivity index (χ0n) is 11.2. The predicted octanol–water partition coefficient (Wildman–Crippen LogP) is 3.01. The van der Waals surface area contributed by atoms with Gasteiger partial charge in [0, 0.05) is 11.8 Å². The molecule has 2 aromatic carbocycles. The van der Waals surface area contributed by atoms with Gasteiger partial charge in [-0.2, -0.15) is 5.10 Å². The van der Waals surface area contributed by atoms with E-state index in [1.54, 1.807) is 11.8 Å². The van der Waals surface area contributed by atoms with Gasteiger partial charge in [0.15, 0.2) is 5.16 Å². The normalized spacial score (nSPS) is 12.7. The summed E-state index contributed by atoms with van der Waals surface area (Å²) in [5.74, 6) is 0.907. The van der Waals surface area contributed by atoms with Gasteiger partial charge in [0.1, 0.15) is 6.33 Å². The Morgan fingerprint density at radius 3 is 2.80 bits per heavy atom. The van der Waals surface area contributed by atoms with Gasteiger partial charge >= 0.3 is 0 Å². The van der Waals surface area contributed by atoms with Crippen LogP contribution >= 0.6 is 11.8 Å². The Bertz CT molecular complexity index is 681. The Kier molecular flexibility index (Phi) is 3.99. The van der Waals surface area contributed by atoms with E-state index >= 15 is 0 Å². The van der Waals surface area contributed by atoms with Gasteiger partial charge in [-0.1, -0.05) is 48.2 Å². The standard InChI is InChI=1S/C15H16N4S/c1-16-14(9-20-15-17-10-18-19-15)13-7-6-11-4-2-3-5-12(11)8-13/h2-8,10,14,16H,9H2,1H3,(H,17,18,19). The molecule has 0 aliphatic rings. The molecule has 0 spiro atoms. The van der Waals surface area contributed by atoms with Crippen molar-refractivity contribution < 1.29 is 0 Å². The number of H-pyrrole nitrogens is 1. The summed E-state index contributed by atoms with van der Waals surface area (Å²) in [6.45, 7) is 0. The summed E-state index contributed by atoms with van der Waals surface area (Å²) in [4.78, 5) is 4.13. The number of benzene rings is 2. The van der Waals surface area contributed by atoms with E-state index < -0.39 is 0 Å². The van der Waals surface area contributed by atoms with Gasteiger partial charge in [0.05, 0.1) is 0 Å². The number of aromatic amines is 1. The Balaban J connectivity index is 1.79. The van der Waals surface area contributed by atoms with Crippen LogP contribution in [0.3, 0.4) is 0 Å². The molecule has 4 nitrogen and oxygen atoms in total. The zero-order chi connectivity index (χ0) is 13.8. The third kappa shape index (κ3) is 2.84. The van der Waals surface area contributed by atoms with Crippen molar-refractivity contribution in [3.63, 3.8) is 0 Å². The lowest BCUT2D eigenvalue weighted by Crippen LogP contribution is -2.18. The second kappa shape index (κ2) is 6.07. The molecule has 5 heteroatoms. The Hall–Kier alpha value is -1.85. The van der Waals surface area contributed by atoms with Crippen molar-refractivity contribution in [2.24, 2.45) is 0 Å². The fourth-order valence-corrected chi connectivity index (χ4v) is 3.12. The molecule has 0 bridgehead atoms. The average Bonchev–Trinajstić information content (AvgIpc) is 3.01. The molecule has 1 aromatic heterocycles. The molecular weight excluding hydrogens is 268 g/mol. The van der Waals surface area contributed by atoms with E-state index in [2.05, 4.69) is 63.0 Å². The van der Waals surface area contributed by atoms with Gasteiger partial charge in [0.2, 0.25) is 0 Å². The Labute approximate surface area is 122 Å². The number of hydrogen-bond acceptors (Lipinski definition) is 4. The summed E-state index contributed by atoms with van der Waals surface area (Å²) in [6.07, 6.45) is 1.53. The van der Waals surface area contributed by atoms with Crippen LogP contribution in [0.1, 0.15) is 11.6 Å². The van der Waals surface area contributed by atoms with Crippen molar-refractivity contribution in [2.45, 2.75) is 11.2 Å². The Morgan fingerprint density at radius 2 is 2.05 bits per heavy atom. The minimum Gasteiger partial charge on any atom is -0.312 e. The number of hydrogen-bond donors (Lipinski definition) is 2. The summed E-state index contributed by atoms with van der Waals surface area (Å²) in [7, 11) is 1.99. The molecule has 1 atom stereocenters. The van der Waals surface area contributed by atoms with Crippen LogP contribution in [0, 0.1) is 0 Å². The quantitative estimate of drug-likeness (QED) is 0.707. The molecule has 20 heavy (non-hydrogen) atoms. The van der Waals surface area contributed by atoms with Gasteiger partial charge < -0.3 is 5.32 Å². The van der Waals surface area contributed by atoms with Crippen LogP contribution < -0.4 is 5.32 Å². The Morgan fingerprint density at radius 1 is 1.20 bits per heavy atom. The van der Waals surface area contributed by atoms with E-state index in [0.29, 0.717) is 0 Å². The monoisotopic (exact) mass is 284 g/mol. The lowest BCUT2D eigenvalue weighted by Gasteiger charge is -2.16. The summed E-state index contributed by atoms with van der Waals surface area (Å²) in [5, 5.41) is 13.5. The minimum absolute atomic E-state index is 0.287. The second-order valence-corrected chi connectivity index (χ2v) is 5.56. The summed E-state index contributed by atoms with van der Waals surface area (Å²) >= 11 is 1.67. The minimum atomic E-state index is 0.287. The van der Waals surface area contributed by atoms with Crippen LogP contribution in [0.4, 0.5) is 0 Å². The maximum Gasteiger partial charge on any atom is 0.183 e.